The molecular formula is C15H14Cl2FNO. The van der Waals surface area contributed by atoms with Gasteiger partial charge in [0, 0.05) is 13.1 Å². The summed E-state index contributed by atoms with van der Waals surface area (Å²) >= 11 is 11.8. The molecular weight excluding hydrogens is 300 g/mol. The Kier molecular flexibility index (Phi) is 5.24. The van der Waals surface area contributed by atoms with Crippen LogP contribution >= 0.6 is 23.2 Å². The van der Waals surface area contributed by atoms with Gasteiger partial charge in [-0.1, -0.05) is 35.3 Å². The third-order valence-electron chi connectivity index (χ3n) is 2.86. The molecule has 0 aromatic heterocycles. The number of halogens is 3. The summed E-state index contributed by atoms with van der Waals surface area (Å²) in [7, 11) is 1.58. The van der Waals surface area contributed by atoms with Gasteiger partial charge in [0.05, 0.1) is 17.2 Å². The lowest BCUT2D eigenvalue weighted by Crippen LogP contribution is -2.12. The van der Waals surface area contributed by atoms with E-state index in [0.29, 0.717) is 23.9 Å². The Morgan fingerprint density at radius 3 is 2.15 bits per heavy atom. The first-order chi connectivity index (χ1) is 9.60. The molecule has 2 nitrogen and oxygen atoms in total. The molecule has 0 aliphatic heterocycles. The lowest BCUT2D eigenvalue weighted by Gasteiger charge is -2.08. The molecule has 0 unspecified atom stereocenters. The summed E-state index contributed by atoms with van der Waals surface area (Å²) < 4.78 is 18.1. The van der Waals surface area contributed by atoms with Crippen LogP contribution in [0.4, 0.5) is 4.39 Å². The summed E-state index contributed by atoms with van der Waals surface area (Å²) in [6.45, 7) is 1.25. The molecule has 0 heterocycles. The van der Waals surface area contributed by atoms with Crippen molar-refractivity contribution in [2.45, 2.75) is 13.1 Å². The van der Waals surface area contributed by atoms with Crippen LogP contribution in [-0.2, 0) is 13.1 Å². The molecule has 0 aliphatic carbocycles. The van der Waals surface area contributed by atoms with Crippen LogP contribution in [0.3, 0.4) is 0 Å². The number of methoxy groups -OCH3 is 1. The van der Waals surface area contributed by atoms with Crippen LogP contribution in [0.5, 0.6) is 5.75 Å². The highest BCUT2D eigenvalue weighted by Crippen LogP contribution is 2.24. The number of hydrogen-bond acceptors (Lipinski definition) is 2. The minimum atomic E-state index is -0.405. The Hall–Kier alpha value is -1.29. The van der Waals surface area contributed by atoms with Gasteiger partial charge in [0.25, 0.3) is 0 Å². The lowest BCUT2D eigenvalue weighted by molar-refractivity contribution is 0.415. The van der Waals surface area contributed by atoms with Gasteiger partial charge in [-0.25, -0.2) is 4.39 Å². The van der Waals surface area contributed by atoms with Crippen LogP contribution in [0.25, 0.3) is 0 Å². The number of benzene rings is 2. The van der Waals surface area contributed by atoms with E-state index in [-0.39, 0.29) is 5.02 Å². The SMILES string of the molecule is COc1ccc(CNCc2ccc(F)c(Cl)c2)cc1Cl. The minimum absolute atomic E-state index is 0.136. The summed E-state index contributed by atoms with van der Waals surface area (Å²) in [5, 5.41) is 3.96. The van der Waals surface area contributed by atoms with Crippen molar-refractivity contribution in [1.82, 2.24) is 5.32 Å². The molecule has 0 spiro atoms. The zero-order valence-corrected chi connectivity index (χ0v) is 12.4. The molecule has 0 fully saturated rings. The van der Waals surface area contributed by atoms with Crippen LogP contribution in [0.2, 0.25) is 10.0 Å². The molecule has 0 aliphatic rings. The number of ether oxygens (including phenoxy) is 1. The highest BCUT2D eigenvalue weighted by molar-refractivity contribution is 6.32. The van der Waals surface area contributed by atoms with Crippen LogP contribution in [0, 0.1) is 5.82 Å². The van der Waals surface area contributed by atoms with E-state index in [4.69, 9.17) is 27.9 Å². The summed E-state index contributed by atoms with van der Waals surface area (Å²) in [4.78, 5) is 0. The van der Waals surface area contributed by atoms with E-state index >= 15 is 0 Å². The van der Waals surface area contributed by atoms with Crippen molar-refractivity contribution < 1.29 is 9.13 Å². The molecule has 0 amide bonds. The maximum absolute atomic E-state index is 13.0. The molecule has 5 heteroatoms. The second-order valence-electron chi connectivity index (χ2n) is 4.32. The fourth-order valence-electron chi connectivity index (χ4n) is 1.82. The standard InChI is InChI=1S/C15H14Cl2FNO/c1-20-15-5-3-11(7-13(15)17)9-19-8-10-2-4-14(18)12(16)6-10/h2-7,19H,8-9H2,1H3. The molecule has 0 atom stereocenters. The predicted octanol–water partition coefficient (Wildman–Crippen LogP) is 4.43. The van der Waals surface area contributed by atoms with Gasteiger partial charge in [0.15, 0.2) is 0 Å². The maximum atomic E-state index is 13.0. The third kappa shape index (κ3) is 3.85. The smallest absolute Gasteiger partial charge is 0.141 e. The molecule has 20 heavy (non-hydrogen) atoms. The van der Waals surface area contributed by atoms with E-state index in [2.05, 4.69) is 5.32 Å². The van der Waals surface area contributed by atoms with Crippen LogP contribution in [0.15, 0.2) is 36.4 Å². The van der Waals surface area contributed by atoms with E-state index in [9.17, 15) is 4.39 Å². The Bertz CT molecular complexity index is 604. The van der Waals surface area contributed by atoms with Gasteiger partial charge in [-0.2, -0.15) is 0 Å². The largest absolute Gasteiger partial charge is 0.495 e. The average Bonchev–Trinajstić information content (AvgIpc) is 2.43. The molecule has 2 rings (SSSR count). The fraction of sp³-hybridized carbons (Fsp3) is 0.200. The molecule has 0 bridgehead atoms. The van der Waals surface area contributed by atoms with Gasteiger partial charge in [0.2, 0.25) is 0 Å². The molecule has 106 valence electrons. The van der Waals surface area contributed by atoms with E-state index in [1.165, 1.54) is 6.07 Å². The summed E-state index contributed by atoms with van der Waals surface area (Å²) in [5.41, 5.74) is 1.97. The molecule has 0 radical (unpaired) electrons. The predicted molar refractivity (Wildman–Crippen MR) is 80.0 cm³/mol. The van der Waals surface area contributed by atoms with Crippen molar-refractivity contribution in [3.8, 4) is 5.75 Å². The van der Waals surface area contributed by atoms with Crippen molar-refractivity contribution in [1.29, 1.82) is 0 Å². The first-order valence-electron chi connectivity index (χ1n) is 6.07. The second-order valence-corrected chi connectivity index (χ2v) is 5.14. The van der Waals surface area contributed by atoms with Gasteiger partial charge >= 0.3 is 0 Å². The quantitative estimate of drug-likeness (QED) is 0.881. The fourth-order valence-corrected chi connectivity index (χ4v) is 2.30. The van der Waals surface area contributed by atoms with E-state index in [0.717, 1.165) is 11.1 Å². The van der Waals surface area contributed by atoms with Gasteiger partial charge in [-0.05, 0) is 35.4 Å². The van der Waals surface area contributed by atoms with Gasteiger partial charge in [0.1, 0.15) is 11.6 Å². The highest BCUT2D eigenvalue weighted by atomic mass is 35.5. The monoisotopic (exact) mass is 313 g/mol. The zero-order valence-electron chi connectivity index (χ0n) is 10.9. The normalized spacial score (nSPS) is 10.6. The van der Waals surface area contributed by atoms with Crippen LogP contribution in [-0.4, -0.2) is 7.11 Å². The first kappa shape index (κ1) is 15.1. The van der Waals surface area contributed by atoms with E-state index < -0.39 is 5.82 Å². The summed E-state index contributed by atoms with van der Waals surface area (Å²) in [6, 6.07) is 10.3. The average molecular weight is 314 g/mol. The Morgan fingerprint density at radius 2 is 1.60 bits per heavy atom. The third-order valence-corrected chi connectivity index (χ3v) is 3.44. The summed E-state index contributed by atoms with van der Waals surface area (Å²) in [5.74, 6) is 0.248. The van der Waals surface area contributed by atoms with Gasteiger partial charge in [-0.15, -0.1) is 0 Å². The molecule has 0 saturated carbocycles. The Balaban J connectivity index is 1.92. The van der Waals surface area contributed by atoms with Crippen molar-refractivity contribution in [2.75, 3.05) is 7.11 Å². The Labute approximate surface area is 127 Å². The number of rotatable bonds is 5. The second kappa shape index (κ2) is 6.93. The van der Waals surface area contributed by atoms with Crippen molar-refractivity contribution >= 4 is 23.2 Å². The molecule has 2 aromatic carbocycles. The Morgan fingerprint density at radius 1 is 1.00 bits per heavy atom. The van der Waals surface area contributed by atoms with E-state index in [1.807, 2.05) is 18.2 Å². The summed E-state index contributed by atoms with van der Waals surface area (Å²) in [6.07, 6.45) is 0. The van der Waals surface area contributed by atoms with Gasteiger partial charge in [-0.3, -0.25) is 0 Å². The first-order valence-corrected chi connectivity index (χ1v) is 6.83. The topological polar surface area (TPSA) is 21.3 Å². The van der Waals surface area contributed by atoms with Crippen LogP contribution in [0.1, 0.15) is 11.1 Å². The lowest BCUT2D eigenvalue weighted by atomic mass is 10.2. The maximum Gasteiger partial charge on any atom is 0.141 e. The molecule has 0 saturated heterocycles. The number of hydrogen-bond donors (Lipinski definition) is 1. The number of nitrogens with one attached hydrogen (secondary N) is 1. The van der Waals surface area contributed by atoms with Crippen LogP contribution < -0.4 is 10.1 Å². The minimum Gasteiger partial charge on any atom is -0.495 e. The molecule has 1 N–H and O–H groups in total. The molecule has 2 aromatic rings. The van der Waals surface area contributed by atoms with Crippen molar-refractivity contribution in [3.05, 3.63) is 63.4 Å². The van der Waals surface area contributed by atoms with Crippen molar-refractivity contribution in [2.24, 2.45) is 0 Å². The zero-order chi connectivity index (χ0) is 14.5. The highest BCUT2D eigenvalue weighted by Gasteiger charge is 2.03. The van der Waals surface area contributed by atoms with Gasteiger partial charge < -0.3 is 10.1 Å². The van der Waals surface area contributed by atoms with E-state index in [1.54, 1.807) is 19.2 Å². The van der Waals surface area contributed by atoms with Crippen molar-refractivity contribution in [3.63, 3.8) is 0 Å².